The van der Waals surface area contributed by atoms with Gasteiger partial charge in [-0.2, -0.15) is 0 Å². The van der Waals surface area contributed by atoms with E-state index in [4.69, 9.17) is 0 Å². The van der Waals surface area contributed by atoms with Crippen LogP contribution in [0, 0.1) is 6.92 Å². The second-order valence-corrected chi connectivity index (χ2v) is 4.96. The van der Waals surface area contributed by atoms with Crippen molar-refractivity contribution >= 4 is 5.95 Å². The molecule has 17 heavy (non-hydrogen) atoms. The summed E-state index contributed by atoms with van der Waals surface area (Å²) in [6.07, 6.45) is 3.71. The maximum absolute atomic E-state index is 4.27. The minimum atomic E-state index is 0.613. The number of nitrogens with one attached hydrogen (secondary N) is 1. The average molecular weight is 233 g/mol. The fourth-order valence-electron chi connectivity index (χ4n) is 2.61. The van der Waals surface area contributed by atoms with Gasteiger partial charge in [-0.3, -0.25) is 9.80 Å². The summed E-state index contributed by atoms with van der Waals surface area (Å²) in [6, 6.07) is 0.613. The van der Waals surface area contributed by atoms with E-state index in [-0.39, 0.29) is 0 Å². The second kappa shape index (κ2) is 4.58. The Bertz CT molecular complexity index is 369. The third-order valence-corrected chi connectivity index (χ3v) is 3.67. The van der Waals surface area contributed by atoms with E-state index in [9.17, 15) is 0 Å². The van der Waals surface area contributed by atoms with Crippen molar-refractivity contribution in [2.75, 3.05) is 44.6 Å². The van der Waals surface area contributed by atoms with Gasteiger partial charge in [-0.15, -0.1) is 0 Å². The van der Waals surface area contributed by atoms with Crippen LogP contribution in [0.3, 0.4) is 0 Å². The van der Waals surface area contributed by atoms with E-state index in [0.29, 0.717) is 6.04 Å². The molecule has 4 rings (SSSR count). The highest BCUT2D eigenvalue weighted by molar-refractivity contribution is 5.24. The van der Waals surface area contributed by atoms with Crippen LogP contribution in [-0.4, -0.2) is 65.1 Å². The number of aromatic nitrogens is 2. The Morgan fingerprint density at radius 2 is 1.94 bits per heavy atom. The number of rotatable bonds is 3. The molecule has 4 heterocycles. The number of piperazine rings is 3. The molecule has 0 aromatic carbocycles. The molecule has 5 nitrogen and oxygen atoms in total. The van der Waals surface area contributed by atoms with Crippen LogP contribution < -0.4 is 5.32 Å². The zero-order chi connectivity index (χ0) is 11.7. The van der Waals surface area contributed by atoms with Gasteiger partial charge in [0.15, 0.2) is 0 Å². The lowest BCUT2D eigenvalue weighted by Gasteiger charge is -2.47. The highest BCUT2D eigenvalue weighted by atomic mass is 15.4. The first kappa shape index (κ1) is 10.9. The van der Waals surface area contributed by atoms with E-state index in [1.54, 1.807) is 0 Å². The van der Waals surface area contributed by atoms with E-state index in [2.05, 4.69) is 25.1 Å². The first-order valence-electron chi connectivity index (χ1n) is 6.30. The van der Waals surface area contributed by atoms with Crippen LogP contribution in [0.4, 0.5) is 5.95 Å². The summed E-state index contributed by atoms with van der Waals surface area (Å²) in [5.41, 5.74) is 1.10. The Hall–Kier alpha value is -1.20. The van der Waals surface area contributed by atoms with Gasteiger partial charge in [-0.05, 0) is 12.5 Å². The Balaban J connectivity index is 1.56. The van der Waals surface area contributed by atoms with Gasteiger partial charge in [0.1, 0.15) is 0 Å². The van der Waals surface area contributed by atoms with Crippen molar-refractivity contribution in [3.63, 3.8) is 0 Å². The van der Waals surface area contributed by atoms with Crippen molar-refractivity contribution in [2.45, 2.75) is 13.0 Å². The number of fused-ring (bicyclic) bond motifs is 3. The van der Waals surface area contributed by atoms with E-state index < -0.39 is 0 Å². The van der Waals surface area contributed by atoms with Crippen LogP contribution in [0.2, 0.25) is 0 Å². The second-order valence-electron chi connectivity index (χ2n) is 4.96. The van der Waals surface area contributed by atoms with E-state index in [0.717, 1.165) is 18.1 Å². The number of aryl methyl sites for hydroxylation is 1. The van der Waals surface area contributed by atoms with Gasteiger partial charge < -0.3 is 5.32 Å². The maximum atomic E-state index is 4.27. The molecule has 1 N–H and O–H groups in total. The van der Waals surface area contributed by atoms with Crippen LogP contribution in [0.5, 0.6) is 0 Å². The van der Waals surface area contributed by atoms with Crippen LogP contribution in [-0.2, 0) is 0 Å². The molecule has 1 unspecified atom stereocenters. The molecule has 0 saturated carbocycles. The Morgan fingerprint density at radius 3 is 2.53 bits per heavy atom. The SMILES string of the molecule is Cc1cnc(NCC2CN3CCN2CC3)nc1. The fraction of sp³-hybridized carbons (Fsp3) is 0.667. The third kappa shape index (κ3) is 2.40. The monoisotopic (exact) mass is 233 g/mol. The molecule has 0 aliphatic carbocycles. The largest absolute Gasteiger partial charge is 0.353 e. The smallest absolute Gasteiger partial charge is 0.222 e. The summed E-state index contributed by atoms with van der Waals surface area (Å²) in [5, 5.41) is 3.34. The highest BCUT2D eigenvalue weighted by Gasteiger charge is 2.31. The van der Waals surface area contributed by atoms with Crippen molar-refractivity contribution < 1.29 is 0 Å². The van der Waals surface area contributed by atoms with Crippen LogP contribution >= 0.6 is 0 Å². The quantitative estimate of drug-likeness (QED) is 0.808. The Labute approximate surface area is 102 Å². The zero-order valence-electron chi connectivity index (χ0n) is 10.3. The van der Waals surface area contributed by atoms with E-state index in [1.165, 1.54) is 32.7 Å². The molecule has 0 amide bonds. The molecule has 1 atom stereocenters. The molecular weight excluding hydrogens is 214 g/mol. The van der Waals surface area contributed by atoms with Crippen molar-refractivity contribution in [2.24, 2.45) is 0 Å². The molecule has 3 aliphatic heterocycles. The maximum Gasteiger partial charge on any atom is 0.222 e. The molecule has 0 spiro atoms. The summed E-state index contributed by atoms with van der Waals surface area (Å²) < 4.78 is 0. The number of anilines is 1. The minimum Gasteiger partial charge on any atom is -0.353 e. The average Bonchev–Trinajstić information content (AvgIpc) is 2.39. The molecular formula is C12H19N5. The molecule has 3 fully saturated rings. The van der Waals surface area contributed by atoms with Gasteiger partial charge in [-0.1, -0.05) is 0 Å². The lowest BCUT2D eigenvalue weighted by atomic mass is 10.1. The summed E-state index contributed by atoms with van der Waals surface area (Å²) in [7, 11) is 0. The fourth-order valence-corrected chi connectivity index (χ4v) is 2.61. The van der Waals surface area contributed by atoms with Gasteiger partial charge in [0.25, 0.3) is 0 Å². The van der Waals surface area contributed by atoms with E-state index >= 15 is 0 Å². The van der Waals surface area contributed by atoms with Gasteiger partial charge in [0, 0.05) is 57.7 Å². The molecule has 1 aromatic rings. The molecule has 5 heteroatoms. The number of hydrogen-bond acceptors (Lipinski definition) is 5. The summed E-state index contributed by atoms with van der Waals surface area (Å²) in [5.74, 6) is 0.744. The molecule has 0 radical (unpaired) electrons. The molecule has 3 aliphatic rings. The Morgan fingerprint density at radius 1 is 1.24 bits per heavy atom. The molecule has 92 valence electrons. The summed E-state index contributed by atoms with van der Waals surface area (Å²) >= 11 is 0. The highest BCUT2D eigenvalue weighted by Crippen LogP contribution is 2.15. The minimum absolute atomic E-state index is 0.613. The van der Waals surface area contributed by atoms with Gasteiger partial charge in [0.2, 0.25) is 5.95 Å². The van der Waals surface area contributed by atoms with Gasteiger partial charge in [0.05, 0.1) is 0 Å². The van der Waals surface area contributed by atoms with Crippen molar-refractivity contribution in [1.82, 2.24) is 19.8 Å². The Kier molecular flexibility index (Phi) is 2.94. The van der Waals surface area contributed by atoms with Crippen molar-refractivity contribution in [3.8, 4) is 0 Å². The number of nitrogens with zero attached hydrogens (tertiary/aromatic N) is 4. The van der Waals surface area contributed by atoms with Gasteiger partial charge in [-0.25, -0.2) is 9.97 Å². The number of hydrogen-bond donors (Lipinski definition) is 1. The first-order chi connectivity index (χ1) is 8.31. The van der Waals surface area contributed by atoms with Crippen LogP contribution in [0.1, 0.15) is 5.56 Å². The molecule has 2 bridgehead atoms. The summed E-state index contributed by atoms with van der Waals surface area (Å²) in [4.78, 5) is 13.7. The summed E-state index contributed by atoms with van der Waals surface area (Å²) in [6.45, 7) is 9.01. The molecule has 3 saturated heterocycles. The third-order valence-electron chi connectivity index (χ3n) is 3.67. The van der Waals surface area contributed by atoms with Crippen molar-refractivity contribution in [3.05, 3.63) is 18.0 Å². The first-order valence-corrected chi connectivity index (χ1v) is 6.30. The van der Waals surface area contributed by atoms with Crippen LogP contribution in [0.15, 0.2) is 12.4 Å². The predicted octanol–water partition coefficient (Wildman–Crippen LogP) is 0.197. The van der Waals surface area contributed by atoms with Crippen molar-refractivity contribution in [1.29, 1.82) is 0 Å². The van der Waals surface area contributed by atoms with E-state index in [1.807, 2.05) is 19.3 Å². The molecule has 1 aromatic heterocycles. The normalized spacial score (nSPS) is 31.5. The van der Waals surface area contributed by atoms with Crippen LogP contribution in [0.25, 0.3) is 0 Å². The standard InChI is InChI=1S/C12H19N5/c1-10-6-13-12(14-7-10)15-8-11-9-16-2-4-17(11)5-3-16/h6-7,11H,2-5,8-9H2,1H3,(H,13,14,15). The predicted molar refractivity (Wildman–Crippen MR) is 67.1 cm³/mol. The lowest BCUT2D eigenvalue weighted by Crippen LogP contribution is -2.62. The lowest BCUT2D eigenvalue weighted by molar-refractivity contribution is 0.0189. The topological polar surface area (TPSA) is 44.3 Å². The zero-order valence-corrected chi connectivity index (χ0v) is 10.3. The van der Waals surface area contributed by atoms with Gasteiger partial charge >= 0.3 is 0 Å².